The summed E-state index contributed by atoms with van der Waals surface area (Å²) in [5, 5.41) is 3.04. The van der Waals surface area contributed by atoms with Crippen LogP contribution in [0.25, 0.3) is 10.8 Å². The van der Waals surface area contributed by atoms with Crippen LogP contribution in [0.15, 0.2) is 18.5 Å². The van der Waals surface area contributed by atoms with Crippen molar-refractivity contribution in [3.05, 3.63) is 29.0 Å². The van der Waals surface area contributed by atoms with E-state index in [9.17, 15) is 18.0 Å². The zero-order chi connectivity index (χ0) is 18.0. The average Bonchev–Trinajstić information content (AvgIpc) is 2.97. The maximum atomic E-state index is 13.2. The average molecular weight is 370 g/mol. The molecule has 2 heterocycles. The summed E-state index contributed by atoms with van der Waals surface area (Å²) in [5.41, 5.74) is 0.462. The van der Waals surface area contributed by atoms with Crippen molar-refractivity contribution in [2.45, 2.75) is 44.8 Å². The van der Waals surface area contributed by atoms with Crippen LogP contribution in [0.2, 0.25) is 0 Å². The van der Waals surface area contributed by atoms with Crippen molar-refractivity contribution in [2.24, 2.45) is 5.92 Å². The van der Waals surface area contributed by atoms with Gasteiger partial charge in [0.15, 0.2) is 10.8 Å². The lowest BCUT2D eigenvalue weighted by molar-refractivity contribution is -0.187. The third-order valence-electron chi connectivity index (χ3n) is 4.26. The Morgan fingerprint density at radius 3 is 2.60 bits per heavy atom. The second kappa shape index (κ2) is 7.07. The van der Waals surface area contributed by atoms with Crippen LogP contribution < -0.4 is 5.32 Å². The summed E-state index contributed by atoms with van der Waals surface area (Å²) in [5.74, 6) is -1.62. The highest BCUT2D eigenvalue weighted by molar-refractivity contribution is 7.17. The minimum atomic E-state index is -4.30. The van der Waals surface area contributed by atoms with Gasteiger partial charge in [-0.3, -0.25) is 4.79 Å². The van der Waals surface area contributed by atoms with Gasteiger partial charge in [0, 0.05) is 18.4 Å². The normalized spacial score (nSPS) is 21.1. The lowest BCUT2D eigenvalue weighted by Crippen LogP contribution is -2.47. The molecule has 1 aliphatic carbocycles. The predicted molar refractivity (Wildman–Crippen MR) is 87.1 cm³/mol. The van der Waals surface area contributed by atoms with Crippen molar-refractivity contribution < 1.29 is 18.0 Å². The molecule has 0 spiro atoms. The largest absolute Gasteiger partial charge is 0.393 e. The summed E-state index contributed by atoms with van der Waals surface area (Å²) in [6.45, 7) is 1.65. The van der Waals surface area contributed by atoms with Gasteiger partial charge in [-0.25, -0.2) is 15.0 Å². The van der Waals surface area contributed by atoms with Gasteiger partial charge in [0.25, 0.3) is 5.91 Å². The van der Waals surface area contributed by atoms with Crippen molar-refractivity contribution in [1.29, 1.82) is 0 Å². The standard InChI is InChI=1S/C16H17F3N4OS/c1-9-12(25-15(22-9)13-20-7-4-8-21-13)14(24)23-11-6-3-2-5-10(11)16(17,18)19/h4,7-8,10-11H,2-3,5-6H2,1H3,(H,23,24). The summed E-state index contributed by atoms with van der Waals surface area (Å²) in [6.07, 6.45) is 0.434. The van der Waals surface area contributed by atoms with E-state index in [1.807, 2.05) is 0 Å². The van der Waals surface area contributed by atoms with E-state index in [-0.39, 0.29) is 6.42 Å². The Morgan fingerprint density at radius 2 is 1.92 bits per heavy atom. The molecule has 25 heavy (non-hydrogen) atoms. The number of rotatable bonds is 3. The maximum Gasteiger partial charge on any atom is 0.393 e. The zero-order valence-electron chi connectivity index (χ0n) is 13.5. The van der Waals surface area contributed by atoms with Crippen LogP contribution in [0.5, 0.6) is 0 Å². The van der Waals surface area contributed by atoms with Gasteiger partial charge in [0.05, 0.1) is 11.6 Å². The van der Waals surface area contributed by atoms with Gasteiger partial charge in [-0.05, 0) is 25.8 Å². The van der Waals surface area contributed by atoms with Gasteiger partial charge < -0.3 is 5.32 Å². The first-order valence-corrected chi connectivity index (χ1v) is 8.80. The van der Waals surface area contributed by atoms with E-state index in [1.54, 1.807) is 25.4 Å². The van der Waals surface area contributed by atoms with Crippen LogP contribution in [0.3, 0.4) is 0 Å². The first-order chi connectivity index (χ1) is 11.9. The number of aromatic nitrogens is 3. The fourth-order valence-corrected chi connectivity index (χ4v) is 3.96. The molecule has 0 aromatic carbocycles. The number of nitrogens with zero attached hydrogens (tertiary/aromatic N) is 3. The highest BCUT2D eigenvalue weighted by Crippen LogP contribution is 2.38. The molecule has 2 atom stereocenters. The number of carbonyl (C=O) groups is 1. The summed E-state index contributed by atoms with van der Waals surface area (Å²) in [4.78, 5) is 25.2. The van der Waals surface area contributed by atoms with Crippen molar-refractivity contribution in [3.63, 3.8) is 0 Å². The highest BCUT2D eigenvalue weighted by atomic mass is 32.1. The summed E-state index contributed by atoms with van der Waals surface area (Å²) >= 11 is 1.09. The van der Waals surface area contributed by atoms with Gasteiger partial charge in [-0.15, -0.1) is 11.3 Å². The number of aryl methyl sites for hydroxylation is 1. The SMILES string of the molecule is Cc1nc(-c2ncccn2)sc1C(=O)NC1CCCCC1C(F)(F)F. The molecular weight excluding hydrogens is 353 g/mol. The molecule has 0 radical (unpaired) electrons. The van der Waals surface area contributed by atoms with Crippen molar-refractivity contribution in [1.82, 2.24) is 20.3 Å². The molecule has 0 aliphatic heterocycles. The van der Waals surface area contributed by atoms with Gasteiger partial charge in [-0.1, -0.05) is 12.8 Å². The van der Waals surface area contributed by atoms with Crippen LogP contribution in [-0.4, -0.2) is 33.1 Å². The van der Waals surface area contributed by atoms with Crippen LogP contribution in [0.1, 0.15) is 41.0 Å². The molecule has 1 amide bonds. The number of alkyl halides is 3. The van der Waals surface area contributed by atoms with Crippen LogP contribution in [-0.2, 0) is 0 Å². The van der Waals surface area contributed by atoms with Crippen LogP contribution in [0.4, 0.5) is 13.2 Å². The second-order valence-electron chi connectivity index (χ2n) is 6.02. The molecule has 2 unspecified atom stereocenters. The van der Waals surface area contributed by atoms with E-state index in [0.29, 0.717) is 40.7 Å². The Balaban J connectivity index is 1.78. The lowest BCUT2D eigenvalue weighted by Gasteiger charge is -2.33. The number of nitrogens with one attached hydrogen (secondary N) is 1. The predicted octanol–water partition coefficient (Wildman–Crippen LogP) is 3.76. The van der Waals surface area contributed by atoms with Crippen LogP contribution >= 0.6 is 11.3 Å². The Labute approximate surface area is 146 Å². The number of halogens is 3. The Hall–Kier alpha value is -2.03. The first-order valence-electron chi connectivity index (χ1n) is 7.98. The third-order valence-corrected chi connectivity index (χ3v) is 5.41. The zero-order valence-corrected chi connectivity index (χ0v) is 14.3. The van der Waals surface area contributed by atoms with Gasteiger partial charge in [0.2, 0.25) is 0 Å². The molecule has 3 rings (SSSR count). The number of hydrogen-bond donors (Lipinski definition) is 1. The number of thiazole rings is 1. The Kier molecular flexibility index (Phi) is 5.03. The molecule has 0 bridgehead atoms. The van der Waals surface area contributed by atoms with E-state index >= 15 is 0 Å². The van der Waals surface area contributed by atoms with Crippen molar-refractivity contribution in [3.8, 4) is 10.8 Å². The molecule has 134 valence electrons. The molecular formula is C16H17F3N4OS. The molecule has 2 aromatic rings. The topological polar surface area (TPSA) is 67.8 Å². The van der Waals surface area contributed by atoms with E-state index < -0.39 is 24.0 Å². The fourth-order valence-electron chi connectivity index (χ4n) is 3.04. The molecule has 1 saturated carbocycles. The molecule has 2 aromatic heterocycles. The van der Waals surface area contributed by atoms with E-state index in [4.69, 9.17) is 0 Å². The van der Waals surface area contributed by atoms with Gasteiger partial charge >= 0.3 is 6.18 Å². The van der Waals surface area contributed by atoms with E-state index in [2.05, 4.69) is 20.3 Å². The lowest BCUT2D eigenvalue weighted by atomic mass is 9.84. The first kappa shape index (κ1) is 17.8. The minimum Gasteiger partial charge on any atom is -0.348 e. The van der Waals surface area contributed by atoms with E-state index in [0.717, 1.165) is 11.3 Å². The monoisotopic (exact) mass is 370 g/mol. The van der Waals surface area contributed by atoms with Crippen molar-refractivity contribution in [2.75, 3.05) is 0 Å². The minimum absolute atomic E-state index is 0.0548. The number of carbonyl (C=O) groups excluding carboxylic acids is 1. The quantitative estimate of drug-likeness (QED) is 0.893. The fraction of sp³-hybridized carbons (Fsp3) is 0.500. The van der Waals surface area contributed by atoms with Crippen molar-refractivity contribution >= 4 is 17.2 Å². The summed E-state index contributed by atoms with van der Waals surface area (Å²) < 4.78 is 39.5. The van der Waals surface area contributed by atoms with E-state index in [1.165, 1.54) is 0 Å². The Morgan fingerprint density at radius 1 is 1.24 bits per heavy atom. The highest BCUT2D eigenvalue weighted by Gasteiger charge is 2.46. The van der Waals surface area contributed by atoms with Gasteiger partial charge in [-0.2, -0.15) is 13.2 Å². The molecule has 5 nitrogen and oxygen atoms in total. The molecule has 1 fully saturated rings. The smallest absolute Gasteiger partial charge is 0.348 e. The summed E-state index contributed by atoms with van der Waals surface area (Å²) in [6, 6.07) is 0.775. The molecule has 0 saturated heterocycles. The Bertz CT molecular complexity index is 748. The maximum absolute atomic E-state index is 13.2. The molecule has 9 heteroatoms. The van der Waals surface area contributed by atoms with Gasteiger partial charge in [0.1, 0.15) is 4.88 Å². The number of hydrogen-bond acceptors (Lipinski definition) is 5. The summed E-state index contributed by atoms with van der Waals surface area (Å²) in [7, 11) is 0. The molecule has 1 aliphatic rings. The second-order valence-corrected chi connectivity index (χ2v) is 7.02. The third kappa shape index (κ3) is 3.97. The van der Waals surface area contributed by atoms with Crippen LogP contribution in [0, 0.1) is 12.8 Å². The number of amides is 1. The molecule has 1 N–H and O–H groups in total.